The number of ketones is 3. The van der Waals surface area contributed by atoms with Crippen LogP contribution in [0.1, 0.15) is 125 Å². The van der Waals surface area contributed by atoms with E-state index in [2.05, 4.69) is 10.6 Å². The van der Waals surface area contributed by atoms with Gasteiger partial charge in [0.2, 0.25) is 5.78 Å². The molecule has 1 aromatic carbocycles. The summed E-state index contributed by atoms with van der Waals surface area (Å²) < 4.78 is 40.7. The first-order valence-electron chi connectivity index (χ1n) is 25.7. The Bertz CT molecular complexity index is 3170. The summed E-state index contributed by atoms with van der Waals surface area (Å²) in [5.41, 5.74) is 5.15. The number of carboxylic acids is 1. The second-order valence-electron chi connectivity index (χ2n) is 21.2. The number of hydrogen-bond acceptors (Lipinski definition) is 17. The van der Waals surface area contributed by atoms with Gasteiger partial charge in [-0.3, -0.25) is 33.2 Å². The zero-order valence-electron chi connectivity index (χ0n) is 44.4. The second-order valence-corrected chi connectivity index (χ2v) is 21.2. The normalized spacial score (nSPS) is 29.7. The minimum absolute atomic E-state index is 0.0322. The van der Waals surface area contributed by atoms with E-state index in [-0.39, 0.29) is 58.6 Å². The Kier molecular flexibility index (Phi) is 15.9. The molecule has 3 aromatic rings. The zero-order chi connectivity index (χ0) is 56.3. The third kappa shape index (κ3) is 10.3. The van der Waals surface area contributed by atoms with Crippen LogP contribution in [-0.2, 0) is 23.8 Å². The summed E-state index contributed by atoms with van der Waals surface area (Å²) in [5.74, 6) is -11.8. The number of Topliss-reactive ketones (excluding diaryl/α,β-unsaturated/α-hetero) is 3. The van der Waals surface area contributed by atoms with Crippen molar-refractivity contribution in [2.75, 3.05) is 38.2 Å². The monoisotopic (exact) mass is 1070 g/mol. The number of aryl methyl sites for hydroxylation is 1. The molecule has 0 spiro atoms. The van der Waals surface area contributed by atoms with Crippen LogP contribution in [0.5, 0.6) is 11.5 Å². The third-order valence-corrected chi connectivity index (χ3v) is 15.8. The molecule has 1 saturated carbocycles. The van der Waals surface area contributed by atoms with Crippen LogP contribution in [0, 0.1) is 43.3 Å². The smallest absolute Gasteiger partial charge is 0.341 e. The molecule has 0 radical (unpaired) electrons. The second kappa shape index (κ2) is 21.8. The molecular weight excluding hydrogens is 1000 g/mol. The molecule has 1 saturated heterocycles. The highest BCUT2D eigenvalue weighted by Gasteiger charge is 2.53. The Morgan fingerprint density at radius 2 is 1.68 bits per heavy atom. The van der Waals surface area contributed by atoms with Crippen LogP contribution in [0.2, 0.25) is 0 Å². The number of aromatic hydroxyl groups is 1. The average Bonchev–Trinajstić information content (AvgIpc) is 4.07. The van der Waals surface area contributed by atoms with E-state index in [4.69, 9.17) is 24.7 Å². The van der Waals surface area contributed by atoms with Crippen molar-refractivity contribution in [3.05, 3.63) is 115 Å². The Morgan fingerprint density at radius 1 is 0.974 bits per heavy atom. The average molecular weight is 1070 g/mol. The molecule has 20 nitrogen and oxygen atoms in total. The van der Waals surface area contributed by atoms with Gasteiger partial charge >= 0.3 is 17.7 Å². The number of halogens is 1. The van der Waals surface area contributed by atoms with E-state index >= 15 is 9.18 Å². The van der Waals surface area contributed by atoms with Gasteiger partial charge in [0, 0.05) is 81.6 Å². The molecule has 5 bridgehead atoms. The van der Waals surface area contributed by atoms with Gasteiger partial charge in [0.25, 0.3) is 17.2 Å². The number of allylic oxidation sites excluding steroid dienone is 3. The van der Waals surface area contributed by atoms with Gasteiger partial charge in [-0.2, -0.15) is 0 Å². The summed E-state index contributed by atoms with van der Waals surface area (Å²) in [6.07, 6.45) is 5.47. The van der Waals surface area contributed by atoms with Crippen molar-refractivity contribution in [3.8, 4) is 11.5 Å². The van der Waals surface area contributed by atoms with E-state index in [9.17, 15) is 49.2 Å². The number of aromatic nitrogens is 1. The highest BCUT2D eigenvalue weighted by Crippen LogP contribution is 2.49. The van der Waals surface area contributed by atoms with Crippen molar-refractivity contribution >= 4 is 46.4 Å². The number of benzene rings is 1. The topological polar surface area (TPSA) is 295 Å². The zero-order valence-corrected chi connectivity index (χ0v) is 44.4. The van der Waals surface area contributed by atoms with Crippen molar-refractivity contribution in [3.63, 3.8) is 0 Å². The summed E-state index contributed by atoms with van der Waals surface area (Å²) in [6.45, 7) is 12.5. The van der Waals surface area contributed by atoms with Gasteiger partial charge in [-0.1, -0.05) is 39.0 Å². The lowest BCUT2D eigenvalue weighted by atomic mass is 9.80. The largest absolute Gasteiger partial charge is 0.507 e. The van der Waals surface area contributed by atoms with Crippen molar-refractivity contribution in [2.45, 2.75) is 117 Å². The lowest BCUT2D eigenvalue weighted by molar-refractivity contribution is -0.156. The molecule has 21 heteroatoms. The first-order chi connectivity index (χ1) is 36.3. The van der Waals surface area contributed by atoms with Crippen molar-refractivity contribution in [2.24, 2.45) is 29.4 Å². The SMILES string of the molecule is CO[C@H]1/C=C/O[C@@]2(C)Oc3c(C)c(O)c4c(c3C2=O)C(=O)C(CNC[C@H]2CCN(c3c(F)cn5c(=O)c(C(=O)O)cc(C6CC6)c5c3C)C2)=C(NC(=O)/C(C)=C\C=C\[C@H](C)[C@H](O)[C@@H](C)[C@@H](O)[C@@H](N)[C@H](OC(C)=O)[C@@H]1C)C4=O. The Hall–Kier alpha value is -7.04. The number of carbonyl (C=O) groups excluding carboxylic acids is 5. The molecular formula is C56H66FN5O15. The molecule has 2 aromatic heterocycles. The number of rotatable bonds is 9. The van der Waals surface area contributed by atoms with Crippen molar-refractivity contribution < 1.29 is 72.5 Å². The number of phenolic OH excluding ortho intramolecular Hbond substituents is 1. The van der Waals surface area contributed by atoms with Gasteiger partial charge in [0.05, 0.1) is 70.4 Å². The standard InChI is InChI=1S/C56H66FN5O15/c1-24-11-10-12-25(2)53(70)60-42-35(21-59-20-31-15-17-61(22-31)44-27(4)43-33(32-13-14-32)19-34(55(72)73)54(71)62(43)23-36(44)57)48(67)38-39(49(42)68)46(65)29(6)50-40(38)52(69)56(8,77-50)75-18-16-37(74-9)26(3)51(76-30(7)63)41(58)47(66)28(5)45(24)64/h10-12,16,18-19,23-24,26,28,31-32,37,41,45,47,51,59,64-66H,13-15,17,20-22,58H2,1-9H3,(H,60,70)(H,72,73)/b11-10+,18-16+,25-12-/t24-,26+,28+,31+,37-,41+,45-,47+,51+,56-/m0/s1. The highest BCUT2D eigenvalue weighted by atomic mass is 19.1. The Morgan fingerprint density at radius 3 is 2.32 bits per heavy atom. The number of anilines is 1. The molecule has 1 amide bonds. The molecule has 412 valence electrons. The van der Waals surface area contributed by atoms with E-state index in [1.165, 1.54) is 59.1 Å². The molecule has 8 N–H and O–H groups in total. The fourth-order valence-corrected chi connectivity index (χ4v) is 11.1. The van der Waals surface area contributed by atoms with Gasteiger partial charge in [-0.15, -0.1) is 0 Å². The van der Waals surface area contributed by atoms with E-state index in [0.29, 0.717) is 36.2 Å². The number of nitrogens with zero attached hydrogens (tertiary/aromatic N) is 2. The van der Waals surface area contributed by atoms with E-state index in [1.54, 1.807) is 33.8 Å². The minimum atomic E-state index is -2.19. The number of amides is 1. The van der Waals surface area contributed by atoms with Crippen LogP contribution in [0.25, 0.3) is 5.52 Å². The first kappa shape index (κ1) is 56.2. The first-order valence-corrected chi connectivity index (χ1v) is 25.7. The summed E-state index contributed by atoms with van der Waals surface area (Å²) in [7, 11) is 1.36. The summed E-state index contributed by atoms with van der Waals surface area (Å²) in [5, 5.41) is 50.2. The van der Waals surface area contributed by atoms with E-state index in [0.717, 1.165) is 29.7 Å². The number of nitrogens with one attached hydrogen (secondary N) is 2. The highest BCUT2D eigenvalue weighted by molar-refractivity contribution is 6.32. The number of ether oxygens (including phenoxy) is 4. The van der Waals surface area contributed by atoms with Crippen LogP contribution in [0.3, 0.4) is 0 Å². The number of carboxylic acid groups (broad SMARTS) is 1. The van der Waals surface area contributed by atoms with Crippen molar-refractivity contribution in [1.29, 1.82) is 0 Å². The van der Waals surface area contributed by atoms with Gasteiger partial charge in [-0.05, 0) is 75.1 Å². The number of carbonyl (C=O) groups is 6. The molecule has 6 heterocycles. The molecule has 10 atom stereocenters. The Balaban J connectivity index is 1.13. The van der Waals surface area contributed by atoms with Crippen LogP contribution in [-0.4, -0.2) is 130 Å². The van der Waals surface area contributed by atoms with Gasteiger partial charge in [-0.25, -0.2) is 9.18 Å². The fourth-order valence-electron chi connectivity index (χ4n) is 11.1. The summed E-state index contributed by atoms with van der Waals surface area (Å²) in [6, 6.07) is 0.161. The lowest BCUT2D eigenvalue weighted by Crippen LogP contribution is -2.55. The number of phenols is 1. The predicted molar refractivity (Wildman–Crippen MR) is 277 cm³/mol. The van der Waals surface area contributed by atoms with Crippen molar-refractivity contribution in [1.82, 2.24) is 15.0 Å². The minimum Gasteiger partial charge on any atom is -0.507 e. The molecule has 9 rings (SSSR count). The Labute approximate surface area is 443 Å². The van der Waals surface area contributed by atoms with Gasteiger partial charge in [0.1, 0.15) is 23.2 Å². The van der Waals surface area contributed by atoms with Crippen LogP contribution < -0.4 is 31.6 Å². The molecule has 2 aliphatic carbocycles. The number of fused-ring (bicyclic) bond motifs is 15. The fraction of sp³-hybridized carbons (Fsp3) is 0.482. The van der Waals surface area contributed by atoms with Gasteiger partial charge in [0.15, 0.2) is 11.6 Å². The molecule has 0 unspecified atom stereocenters. The van der Waals surface area contributed by atoms with E-state index < -0.39 is 129 Å². The number of aliphatic hydroxyl groups is 2. The van der Waals surface area contributed by atoms with Crippen LogP contribution in [0.4, 0.5) is 10.1 Å². The number of aromatic carboxylic acids is 1. The molecule has 6 aliphatic rings. The summed E-state index contributed by atoms with van der Waals surface area (Å²) in [4.78, 5) is 98.0. The maximum atomic E-state index is 16.1. The maximum Gasteiger partial charge on any atom is 0.341 e. The quantitative estimate of drug-likeness (QED) is 0.146. The molecule has 2 fully saturated rings. The predicted octanol–water partition coefficient (Wildman–Crippen LogP) is 4.44. The number of esters is 1. The molecule has 77 heavy (non-hydrogen) atoms. The number of pyridine rings is 2. The summed E-state index contributed by atoms with van der Waals surface area (Å²) >= 11 is 0. The molecule has 4 aliphatic heterocycles. The van der Waals surface area contributed by atoms with Gasteiger partial charge < -0.3 is 60.6 Å². The number of aliphatic hydroxyl groups excluding tert-OH is 2. The van der Waals surface area contributed by atoms with Crippen LogP contribution in [0.15, 0.2) is 64.5 Å². The number of nitrogens with two attached hydrogens (primary N) is 1. The lowest BCUT2D eigenvalue weighted by Gasteiger charge is -2.37. The maximum absolute atomic E-state index is 16.1. The number of methoxy groups -OCH3 is 1. The number of hydrogen-bond donors (Lipinski definition) is 7. The third-order valence-electron chi connectivity index (χ3n) is 15.8. The van der Waals surface area contributed by atoms with E-state index in [1.807, 2.05) is 4.90 Å². The van der Waals surface area contributed by atoms with Crippen LogP contribution >= 0.6 is 0 Å².